The lowest BCUT2D eigenvalue weighted by Gasteiger charge is -2.25. The maximum Gasteiger partial charge on any atom is 0.251 e. The van der Waals surface area contributed by atoms with Crippen LogP contribution in [0.25, 0.3) is 0 Å². The van der Waals surface area contributed by atoms with Gasteiger partial charge in [0.1, 0.15) is 11.5 Å². The Labute approximate surface area is 158 Å². The molecule has 0 aromatic heterocycles. The van der Waals surface area contributed by atoms with E-state index in [-0.39, 0.29) is 18.7 Å². The molecule has 1 unspecified atom stereocenters. The number of ether oxygens (including phenoxy) is 4. The van der Waals surface area contributed by atoms with Crippen molar-refractivity contribution >= 4 is 5.91 Å². The van der Waals surface area contributed by atoms with Crippen LogP contribution in [-0.4, -0.2) is 52.5 Å². The van der Waals surface area contributed by atoms with E-state index in [0.717, 1.165) is 17.1 Å². The summed E-state index contributed by atoms with van der Waals surface area (Å²) >= 11 is 0. The van der Waals surface area contributed by atoms with Crippen LogP contribution in [0.15, 0.2) is 36.4 Å². The summed E-state index contributed by atoms with van der Waals surface area (Å²) in [5.74, 6) is 2.41. The first-order chi connectivity index (χ1) is 13.0. The molecule has 0 fully saturated rings. The van der Waals surface area contributed by atoms with Gasteiger partial charge in [-0.1, -0.05) is 6.07 Å². The zero-order chi connectivity index (χ0) is 19.4. The Hall–Kier alpha value is -2.93. The summed E-state index contributed by atoms with van der Waals surface area (Å²) in [5, 5.41) is 2.99. The Morgan fingerprint density at radius 1 is 1.07 bits per heavy atom. The van der Waals surface area contributed by atoms with Crippen LogP contribution >= 0.6 is 0 Å². The minimum absolute atomic E-state index is 0.0176. The Kier molecular flexibility index (Phi) is 5.71. The Morgan fingerprint density at radius 2 is 1.74 bits per heavy atom. The monoisotopic (exact) mass is 372 g/mol. The molecule has 0 spiro atoms. The molecule has 1 aliphatic rings. The summed E-state index contributed by atoms with van der Waals surface area (Å²) in [4.78, 5) is 14.7. The smallest absolute Gasteiger partial charge is 0.251 e. The van der Waals surface area contributed by atoms with Crippen LogP contribution < -0.4 is 24.3 Å². The molecule has 7 heteroatoms. The molecule has 0 bridgehead atoms. The summed E-state index contributed by atoms with van der Waals surface area (Å²) in [7, 11) is 7.04. The number of hydrogen-bond donors (Lipinski definition) is 1. The van der Waals surface area contributed by atoms with E-state index in [0.29, 0.717) is 23.6 Å². The standard InChI is InChI=1S/C20H24N2O5/c1-22(2)17(13-5-6-18-19(9-13)27-12-26-18)11-21-20(23)14-7-15(24-3)10-16(8-14)25-4/h5-10,17H,11-12H2,1-4H3,(H,21,23). The minimum atomic E-state index is -0.195. The van der Waals surface area contributed by atoms with Gasteiger partial charge in [-0.2, -0.15) is 0 Å². The fraction of sp³-hybridized carbons (Fsp3) is 0.350. The molecule has 1 aliphatic heterocycles. The molecule has 0 aliphatic carbocycles. The van der Waals surface area contributed by atoms with Crippen LogP contribution in [0.4, 0.5) is 0 Å². The second-order valence-corrected chi connectivity index (χ2v) is 6.40. The van der Waals surface area contributed by atoms with Crippen LogP contribution in [0.3, 0.4) is 0 Å². The van der Waals surface area contributed by atoms with E-state index in [1.165, 1.54) is 0 Å². The summed E-state index contributed by atoms with van der Waals surface area (Å²) < 4.78 is 21.3. The molecule has 3 rings (SSSR count). The molecule has 1 amide bonds. The first kappa shape index (κ1) is 18.8. The number of carbonyl (C=O) groups excluding carboxylic acids is 1. The van der Waals surface area contributed by atoms with Crippen molar-refractivity contribution in [1.29, 1.82) is 0 Å². The SMILES string of the molecule is COc1cc(OC)cc(C(=O)NCC(c2ccc3c(c2)OCO3)N(C)C)c1. The molecule has 0 saturated heterocycles. The third-order valence-corrected chi connectivity index (χ3v) is 4.47. The lowest BCUT2D eigenvalue weighted by molar-refractivity contribution is 0.0941. The number of benzene rings is 2. The fourth-order valence-electron chi connectivity index (χ4n) is 2.95. The quantitative estimate of drug-likeness (QED) is 0.805. The van der Waals surface area contributed by atoms with Gasteiger partial charge >= 0.3 is 0 Å². The van der Waals surface area contributed by atoms with Gasteiger partial charge in [0.2, 0.25) is 6.79 Å². The maximum absolute atomic E-state index is 12.6. The first-order valence-electron chi connectivity index (χ1n) is 8.59. The highest BCUT2D eigenvalue weighted by Crippen LogP contribution is 2.35. The number of methoxy groups -OCH3 is 2. The maximum atomic E-state index is 12.6. The van der Waals surface area contributed by atoms with Gasteiger partial charge in [-0.15, -0.1) is 0 Å². The summed E-state index contributed by atoms with van der Waals surface area (Å²) in [6.07, 6.45) is 0. The lowest BCUT2D eigenvalue weighted by atomic mass is 10.0. The van der Waals surface area contributed by atoms with Crippen molar-refractivity contribution in [3.63, 3.8) is 0 Å². The van der Waals surface area contributed by atoms with E-state index in [1.807, 2.05) is 37.2 Å². The van der Waals surface area contributed by atoms with Gasteiger partial charge in [0.25, 0.3) is 5.91 Å². The number of fused-ring (bicyclic) bond motifs is 1. The third-order valence-electron chi connectivity index (χ3n) is 4.47. The number of hydrogen-bond acceptors (Lipinski definition) is 6. The normalized spacial score (nSPS) is 13.4. The van der Waals surface area contributed by atoms with Crippen molar-refractivity contribution in [2.45, 2.75) is 6.04 Å². The van der Waals surface area contributed by atoms with Crippen molar-refractivity contribution in [2.24, 2.45) is 0 Å². The second-order valence-electron chi connectivity index (χ2n) is 6.40. The van der Waals surface area contributed by atoms with Crippen LogP contribution in [0.2, 0.25) is 0 Å². The van der Waals surface area contributed by atoms with Crippen molar-refractivity contribution in [3.05, 3.63) is 47.5 Å². The zero-order valence-corrected chi connectivity index (χ0v) is 15.9. The van der Waals surface area contributed by atoms with Gasteiger partial charge in [0, 0.05) is 18.2 Å². The average molecular weight is 372 g/mol. The lowest BCUT2D eigenvalue weighted by Crippen LogP contribution is -2.34. The summed E-state index contributed by atoms with van der Waals surface area (Å²) in [6.45, 7) is 0.671. The van der Waals surface area contributed by atoms with Gasteiger partial charge in [-0.3, -0.25) is 4.79 Å². The second kappa shape index (κ2) is 8.18. The van der Waals surface area contributed by atoms with Gasteiger partial charge < -0.3 is 29.2 Å². The highest BCUT2D eigenvalue weighted by molar-refractivity contribution is 5.95. The summed E-state index contributed by atoms with van der Waals surface area (Å²) in [6, 6.07) is 10.9. The topological polar surface area (TPSA) is 69.3 Å². The van der Waals surface area contributed by atoms with Crippen molar-refractivity contribution in [1.82, 2.24) is 10.2 Å². The van der Waals surface area contributed by atoms with E-state index in [2.05, 4.69) is 5.32 Å². The molecule has 27 heavy (non-hydrogen) atoms. The number of nitrogens with one attached hydrogen (secondary N) is 1. The number of carbonyl (C=O) groups is 1. The largest absolute Gasteiger partial charge is 0.497 e. The predicted molar refractivity (Wildman–Crippen MR) is 101 cm³/mol. The third kappa shape index (κ3) is 4.25. The van der Waals surface area contributed by atoms with Gasteiger partial charge in [0.05, 0.1) is 20.3 Å². The predicted octanol–water partition coefficient (Wildman–Crippen LogP) is 2.47. The number of likely N-dealkylation sites (N-methyl/N-ethyl adjacent to an activating group) is 1. The first-order valence-corrected chi connectivity index (χ1v) is 8.59. The molecule has 7 nitrogen and oxygen atoms in total. The molecule has 144 valence electrons. The molecule has 1 heterocycles. The average Bonchev–Trinajstić information content (AvgIpc) is 3.15. The highest BCUT2D eigenvalue weighted by atomic mass is 16.7. The summed E-state index contributed by atoms with van der Waals surface area (Å²) in [5.41, 5.74) is 1.52. The molecule has 2 aromatic carbocycles. The zero-order valence-electron chi connectivity index (χ0n) is 15.9. The number of rotatable bonds is 7. The number of amides is 1. The van der Waals surface area contributed by atoms with Crippen molar-refractivity contribution in [3.8, 4) is 23.0 Å². The van der Waals surface area contributed by atoms with E-state index in [4.69, 9.17) is 18.9 Å². The van der Waals surface area contributed by atoms with Crippen LogP contribution in [0.5, 0.6) is 23.0 Å². The number of nitrogens with zero attached hydrogens (tertiary/aromatic N) is 1. The van der Waals surface area contributed by atoms with Crippen molar-refractivity contribution in [2.75, 3.05) is 41.7 Å². The van der Waals surface area contributed by atoms with E-state index in [1.54, 1.807) is 32.4 Å². The molecule has 1 N–H and O–H groups in total. The van der Waals surface area contributed by atoms with Crippen molar-refractivity contribution < 1.29 is 23.7 Å². The molecular weight excluding hydrogens is 348 g/mol. The van der Waals surface area contributed by atoms with E-state index < -0.39 is 0 Å². The highest BCUT2D eigenvalue weighted by Gasteiger charge is 2.20. The fourth-order valence-corrected chi connectivity index (χ4v) is 2.95. The molecule has 0 saturated carbocycles. The molecular formula is C20H24N2O5. The van der Waals surface area contributed by atoms with Gasteiger partial charge in [0.15, 0.2) is 11.5 Å². The molecule has 1 atom stereocenters. The van der Waals surface area contributed by atoms with Crippen LogP contribution in [0, 0.1) is 0 Å². The van der Waals surface area contributed by atoms with E-state index >= 15 is 0 Å². The van der Waals surface area contributed by atoms with Gasteiger partial charge in [-0.05, 0) is 43.9 Å². The van der Waals surface area contributed by atoms with Gasteiger partial charge in [-0.25, -0.2) is 0 Å². The van der Waals surface area contributed by atoms with Crippen LogP contribution in [0.1, 0.15) is 22.0 Å². The molecule has 2 aromatic rings. The van der Waals surface area contributed by atoms with E-state index in [9.17, 15) is 4.79 Å². The van der Waals surface area contributed by atoms with Crippen LogP contribution in [-0.2, 0) is 0 Å². The Bertz CT molecular complexity index is 800. The Balaban J connectivity index is 1.74. The molecule has 0 radical (unpaired) electrons. The minimum Gasteiger partial charge on any atom is -0.497 e. The Morgan fingerprint density at radius 3 is 2.37 bits per heavy atom.